The highest BCUT2D eigenvalue weighted by Crippen LogP contribution is 2.23. The Hall–Kier alpha value is -2.19. The van der Waals surface area contributed by atoms with Gasteiger partial charge in [0.05, 0.1) is 17.8 Å². The van der Waals surface area contributed by atoms with Crippen LogP contribution in [-0.4, -0.2) is 39.2 Å². The van der Waals surface area contributed by atoms with Crippen molar-refractivity contribution in [3.8, 4) is 0 Å². The van der Waals surface area contributed by atoms with Crippen LogP contribution in [0.4, 0.5) is 4.39 Å². The number of piperidine rings is 1. The molecule has 1 saturated heterocycles. The van der Waals surface area contributed by atoms with Gasteiger partial charge in [0.15, 0.2) is 5.16 Å². The van der Waals surface area contributed by atoms with E-state index < -0.39 is 0 Å². The zero-order chi connectivity index (χ0) is 20.4. The van der Waals surface area contributed by atoms with Crippen molar-refractivity contribution < 1.29 is 9.18 Å². The number of likely N-dealkylation sites (tertiary alicyclic amines) is 1. The van der Waals surface area contributed by atoms with Crippen molar-refractivity contribution >= 4 is 39.2 Å². The molecule has 2 aromatic heterocycles. The average Bonchev–Trinajstić information content (AvgIpc) is 3.19. The molecule has 0 N–H and O–H groups in total. The number of carbonyl (C=O) groups is 1. The Bertz CT molecular complexity index is 1090. The Labute approximate surface area is 176 Å². The number of halogens is 1. The number of fused-ring (bicyclic) bond motifs is 1. The Morgan fingerprint density at radius 3 is 2.79 bits per heavy atom. The number of rotatable bonds is 5. The number of thiophene rings is 1. The summed E-state index contributed by atoms with van der Waals surface area (Å²) in [5, 5.41) is 2.27. The van der Waals surface area contributed by atoms with E-state index >= 15 is 0 Å². The van der Waals surface area contributed by atoms with Crippen LogP contribution in [0.5, 0.6) is 0 Å². The first-order valence-electron chi connectivity index (χ1n) is 9.65. The first kappa shape index (κ1) is 20.1. The van der Waals surface area contributed by atoms with E-state index in [0.29, 0.717) is 26.9 Å². The van der Waals surface area contributed by atoms with Gasteiger partial charge in [0.25, 0.3) is 5.56 Å². The first-order chi connectivity index (χ1) is 14.0. The predicted molar refractivity (Wildman–Crippen MR) is 115 cm³/mol. The van der Waals surface area contributed by atoms with Crippen LogP contribution in [0.3, 0.4) is 0 Å². The minimum Gasteiger partial charge on any atom is -0.342 e. The SMILES string of the molecule is CC1CCN(C(=O)CSc2nc3ccsc3c(=O)n2Cc2ccccc2F)CC1. The Morgan fingerprint density at radius 1 is 1.28 bits per heavy atom. The number of hydrogen-bond donors (Lipinski definition) is 0. The van der Waals surface area contributed by atoms with Crippen LogP contribution in [0.2, 0.25) is 0 Å². The second-order valence-corrected chi connectivity index (χ2v) is 9.22. The number of nitrogens with zero attached hydrogens (tertiary/aromatic N) is 3. The van der Waals surface area contributed by atoms with Crippen molar-refractivity contribution in [2.24, 2.45) is 5.92 Å². The summed E-state index contributed by atoms with van der Waals surface area (Å²) >= 11 is 2.57. The monoisotopic (exact) mass is 431 g/mol. The maximum absolute atomic E-state index is 14.2. The third-order valence-electron chi connectivity index (χ3n) is 5.28. The van der Waals surface area contributed by atoms with Gasteiger partial charge in [0, 0.05) is 18.7 Å². The highest BCUT2D eigenvalue weighted by Gasteiger charge is 2.22. The molecule has 0 radical (unpaired) electrons. The molecule has 29 heavy (non-hydrogen) atoms. The molecule has 0 bridgehead atoms. The van der Waals surface area contributed by atoms with Crippen LogP contribution in [0.25, 0.3) is 10.2 Å². The van der Waals surface area contributed by atoms with E-state index in [2.05, 4.69) is 11.9 Å². The molecule has 3 aromatic rings. The summed E-state index contributed by atoms with van der Waals surface area (Å²) in [5.41, 5.74) is 0.840. The topological polar surface area (TPSA) is 55.2 Å². The van der Waals surface area contributed by atoms with Gasteiger partial charge in [-0.15, -0.1) is 11.3 Å². The van der Waals surface area contributed by atoms with Crippen molar-refractivity contribution in [3.05, 3.63) is 57.4 Å². The van der Waals surface area contributed by atoms with Gasteiger partial charge in [-0.25, -0.2) is 9.37 Å². The lowest BCUT2D eigenvalue weighted by Crippen LogP contribution is -2.39. The lowest BCUT2D eigenvalue weighted by Gasteiger charge is -2.30. The van der Waals surface area contributed by atoms with Gasteiger partial charge in [-0.05, 0) is 36.3 Å². The van der Waals surface area contributed by atoms with Gasteiger partial charge in [-0.3, -0.25) is 14.2 Å². The molecule has 1 aliphatic heterocycles. The predicted octanol–water partition coefficient (Wildman–Crippen LogP) is 4.00. The standard InChI is InChI=1S/C21H22FN3O2S2/c1-14-6-9-24(10-7-14)18(26)13-29-21-23-17-8-11-28-19(17)20(27)25(21)12-15-4-2-3-5-16(15)22/h2-5,8,11,14H,6-7,9-10,12-13H2,1H3. The molecule has 1 amide bonds. The minimum atomic E-state index is -0.361. The summed E-state index contributed by atoms with van der Waals surface area (Å²) in [6.07, 6.45) is 2.04. The minimum absolute atomic E-state index is 0.0546. The quantitative estimate of drug-likeness (QED) is 0.453. The van der Waals surface area contributed by atoms with E-state index in [1.54, 1.807) is 24.3 Å². The number of aromatic nitrogens is 2. The van der Waals surface area contributed by atoms with Crippen LogP contribution in [-0.2, 0) is 11.3 Å². The molecule has 1 aromatic carbocycles. The van der Waals surface area contributed by atoms with Crippen molar-refractivity contribution in [1.29, 1.82) is 0 Å². The van der Waals surface area contributed by atoms with E-state index in [0.717, 1.165) is 25.9 Å². The van der Waals surface area contributed by atoms with Gasteiger partial charge in [0.2, 0.25) is 5.91 Å². The molecule has 0 spiro atoms. The van der Waals surface area contributed by atoms with E-state index in [9.17, 15) is 14.0 Å². The van der Waals surface area contributed by atoms with E-state index in [1.807, 2.05) is 10.3 Å². The number of carbonyl (C=O) groups excluding carboxylic acids is 1. The van der Waals surface area contributed by atoms with Gasteiger partial charge in [0.1, 0.15) is 10.5 Å². The molecule has 4 rings (SSSR count). The largest absolute Gasteiger partial charge is 0.342 e. The summed E-state index contributed by atoms with van der Waals surface area (Å²) in [5.74, 6) is 0.563. The lowest BCUT2D eigenvalue weighted by atomic mass is 9.99. The maximum atomic E-state index is 14.2. The molecular weight excluding hydrogens is 409 g/mol. The first-order valence-corrected chi connectivity index (χ1v) is 11.5. The van der Waals surface area contributed by atoms with Crippen molar-refractivity contribution in [2.45, 2.75) is 31.5 Å². The van der Waals surface area contributed by atoms with Gasteiger partial charge in [-0.1, -0.05) is 36.9 Å². The summed E-state index contributed by atoms with van der Waals surface area (Å²) in [7, 11) is 0. The number of amides is 1. The zero-order valence-corrected chi connectivity index (χ0v) is 17.8. The third kappa shape index (κ3) is 4.38. The highest BCUT2D eigenvalue weighted by atomic mass is 32.2. The molecular formula is C21H22FN3O2S2. The Morgan fingerprint density at radius 2 is 2.03 bits per heavy atom. The molecule has 0 aliphatic carbocycles. The molecule has 0 saturated carbocycles. The van der Waals surface area contributed by atoms with E-state index in [4.69, 9.17) is 0 Å². The van der Waals surface area contributed by atoms with Crippen LogP contribution >= 0.6 is 23.1 Å². The van der Waals surface area contributed by atoms with Crippen LogP contribution in [0.15, 0.2) is 45.7 Å². The fraction of sp³-hybridized carbons (Fsp3) is 0.381. The molecule has 0 atom stereocenters. The molecule has 8 heteroatoms. The Kier molecular flexibility index (Phi) is 6.01. The summed E-state index contributed by atoms with van der Waals surface area (Å²) < 4.78 is 16.2. The molecule has 1 fully saturated rings. The summed E-state index contributed by atoms with van der Waals surface area (Å²) in [6, 6.07) is 8.21. The maximum Gasteiger partial charge on any atom is 0.272 e. The molecule has 3 heterocycles. The normalized spacial score (nSPS) is 15.2. The lowest BCUT2D eigenvalue weighted by molar-refractivity contribution is -0.129. The van der Waals surface area contributed by atoms with E-state index in [-0.39, 0.29) is 29.6 Å². The third-order valence-corrected chi connectivity index (χ3v) is 7.13. The van der Waals surface area contributed by atoms with Gasteiger partial charge < -0.3 is 4.90 Å². The highest BCUT2D eigenvalue weighted by molar-refractivity contribution is 7.99. The van der Waals surface area contributed by atoms with Crippen molar-refractivity contribution in [2.75, 3.05) is 18.8 Å². The number of benzene rings is 1. The van der Waals surface area contributed by atoms with Crippen LogP contribution in [0.1, 0.15) is 25.3 Å². The second-order valence-electron chi connectivity index (χ2n) is 7.36. The van der Waals surface area contributed by atoms with Crippen LogP contribution in [0, 0.1) is 11.7 Å². The summed E-state index contributed by atoms with van der Waals surface area (Å²) in [4.78, 5) is 32.1. The summed E-state index contributed by atoms with van der Waals surface area (Å²) in [6.45, 7) is 3.85. The number of hydrogen-bond acceptors (Lipinski definition) is 5. The Balaban J connectivity index is 1.60. The van der Waals surface area contributed by atoms with Gasteiger partial charge in [-0.2, -0.15) is 0 Å². The second kappa shape index (κ2) is 8.67. The van der Waals surface area contributed by atoms with E-state index in [1.165, 1.54) is 33.7 Å². The fourth-order valence-corrected chi connectivity index (χ4v) is 5.13. The molecule has 5 nitrogen and oxygen atoms in total. The molecule has 0 unspecified atom stereocenters. The molecule has 152 valence electrons. The zero-order valence-electron chi connectivity index (χ0n) is 16.1. The molecule has 1 aliphatic rings. The van der Waals surface area contributed by atoms with Crippen molar-refractivity contribution in [1.82, 2.24) is 14.5 Å². The smallest absolute Gasteiger partial charge is 0.272 e. The van der Waals surface area contributed by atoms with Crippen LogP contribution < -0.4 is 5.56 Å². The van der Waals surface area contributed by atoms with Crippen molar-refractivity contribution in [3.63, 3.8) is 0 Å². The van der Waals surface area contributed by atoms with Gasteiger partial charge >= 0.3 is 0 Å². The fourth-order valence-electron chi connectivity index (χ4n) is 3.45. The average molecular weight is 432 g/mol. The number of thioether (sulfide) groups is 1.